The Labute approximate surface area is 113 Å². The Morgan fingerprint density at radius 2 is 2.00 bits per heavy atom. The zero-order chi connectivity index (χ0) is 14.1. The molecule has 0 amide bonds. The van der Waals surface area contributed by atoms with Gasteiger partial charge in [-0.05, 0) is 21.3 Å². The van der Waals surface area contributed by atoms with Crippen LogP contribution in [0.1, 0.15) is 36.7 Å². The maximum absolute atomic E-state index is 11.0. The maximum Gasteiger partial charge on any atom is 0.281 e. The van der Waals surface area contributed by atoms with Crippen LogP contribution in [0.25, 0.3) is 0 Å². The van der Waals surface area contributed by atoms with Crippen LogP contribution < -0.4 is 4.74 Å². The molecule has 1 aromatic carbocycles. The van der Waals surface area contributed by atoms with Crippen molar-refractivity contribution in [1.29, 1.82) is 0 Å². The first-order valence-electron chi connectivity index (χ1n) is 5.24. The van der Waals surface area contributed by atoms with Crippen LogP contribution in [0.5, 0.6) is 5.75 Å². The molecule has 18 heavy (non-hydrogen) atoms. The number of methoxy groups -OCH3 is 1. The number of carbonyl (C=O) groups excluding carboxylic acids is 1. The third kappa shape index (κ3) is 2.53. The van der Waals surface area contributed by atoms with Gasteiger partial charge in [-0.1, -0.05) is 20.8 Å². The molecule has 0 aliphatic rings. The Hall–Kier alpha value is -1.43. The number of nitro benzene ring substituents is 1. The Morgan fingerprint density at radius 3 is 2.33 bits per heavy atom. The minimum Gasteiger partial charge on any atom is -0.495 e. The van der Waals surface area contributed by atoms with E-state index in [0.717, 1.165) is 0 Å². The molecule has 0 heterocycles. The normalized spacial score (nSPS) is 11.2. The minimum absolute atomic E-state index is 0.00940. The molecule has 98 valence electrons. The summed E-state index contributed by atoms with van der Waals surface area (Å²) in [5, 5.41) is 11.0. The first-order chi connectivity index (χ1) is 8.23. The summed E-state index contributed by atoms with van der Waals surface area (Å²) in [6.07, 6.45) is 0.456. The quantitative estimate of drug-likeness (QED) is 0.486. The van der Waals surface area contributed by atoms with E-state index in [1.54, 1.807) is 0 Å². The standard InChI is InChI=1S/C12H14BrNO4/c1-12(2,3)8-5-9(14(16)17)7(6-15)10(13)11(8)18-4/h5-6H,1-4H3. The second kappa shape index (κ2) is 5.06. The largest absolute Gasteiger partial charge is 0.495 e. The molecule has 0 bridgehead atoms. The molecule has 0 aromatic heterocycles. The summed E-state index contributed by atoms with van der Waals surface area (Å²) < 4.78 is 5.57. The van der Waals surface area contributed by atoms with Crippen LogP contribution in [0.4, 0.5) is 5.69 Å². The minimum atomic E-state index is -0.566. The molecule has 0 aliphatic carbocycles. The van der Waals surface area contributed by atoms with Gasteiger partial charge in [0.05, 0.1) is 16.5 Å². The number of benzene rings is 1. The highest BCUT2D eigenvalue weighted by molar-refractivity contribution is 9.10. The van der Waals surface area contributed by atoms with Crippen LogP contribution in [0, 0.1) is 10.1 Å². The molecular formula is C12H14BrNO4. The van der Waals surface area contributed by atoms with E-state index in [4.69, 9.17) is 4.74 Å². The third-order valence-corrected chi connectivity index (χ3v) is 3.35. The fourth-order valence-corrected chi connectivity index (χ4v) is 2.32. The molecule has 0 fully saturated rings. The Balaban J connectivity index is 3.75. The molecule has 0 saturated carbocycles. The monoisotopic (exact) mass is 315 g/mol. The van der Waals surface area contributed by atoms with Gasteiger partial charge in [0.1, 0.15) is 11.3 Å². The van der Waals surface area contributed by atoms with Crippen LogP contribution in [-0.4, -0.2) is 18.3 Å². The maximum atomic E-state index is 11.0. The van der Waals surface area contributed by atoms with Crippen LogP contribution >= 0.6 is 15.9 Å². The average Bonchev–Trinajstić information content (AvgIpc) is 2.26. The highest BCUT2D eigenvalue weighted by Gasteiger charge is 2.29. The Morgan fingerprint density at radius 1 is 1.44 bits per heavy atom. The second-order valence-electron chi connectivity index (χ2n) is 4.83. The van der Waals surface area contributed by atoms with E-state index in [9.17, 15) is 14.9 Å². The van der Waals surface area contributed by atoms with Crippen molar-refractivity contribution in [1.82, 2.24) is 0 Å². The predicted octanol–water partition coefficient (Wildman–Crippen LogP) is 3.48. The number of rotatable bonds is 3. The number of nitro groups is 1. The van der Waals surface area contributed by atoms with Gasteiger partial charge in [0.15, 0.2) is 6.29 Å². The van der Waals surface area contributed by atoms with E-state index in [0.29, 0.717) is 22.1 Å². The van der Waals surface area contributed by atoms with Gasteiger partial charge in [-0.3, -0.25) is 14.9 Å². The van der Waals surface area contributed by atoms with Crippen molar-refractivity contribution >= 4 is 27.9 Å². The van der Waals surface area contributed by atoms with Gasteiger partial charge in [-0.25, -0.2) is 0 Å². The smallest absolute Gasteiger partial charge is 0.281 e. The number of hydrogen-bond donors (Lipinski definition) is 0. The second-order valence-corrected chi connectivity index (χ2v) is 5.62. The zero-order valence-corrected chi connectivity index (χ0v) is 12.2. The average molecular weight is 316 g/mol. The number of nitrogens with zero attached hydrogens (tertiary/aromatic N) is 1. The van der Waals surface area contributed by atoms with E-state index in [-0.39, 0.29) is 16.7 Å². The van der Waals surface area contributed by atoms with Gasteiger partial charge in [-0.2, -0.15) is 0 Å². The zero-order valence-electron chi connectivity index (χ0n) is 10.6. The number of ether oxygens (including phenoxy) is 1. The first kappa shape index (κ1) is 14.6. The summed E-state index contributed by atoms with van der Waals surface area (Å²) >= 11 is 3.20. The van der Waals surface area contributed by atoms with Gasteiger partial charge in [-0.15, -0.1) is 0 Å². The number of hydrogen-bond acceptors (Lipinski definition) is 4. The van der Waals surface area contributed by atoms with Crippen LogP contribution in [0.2, 0.25) is 0 Å². The van der Waals surface area contributed by atoms with Crippen molar-refractivity contribution in [3.8, 4) is 5.75 Å². The van der Waals surface area contributed by atoms with E-state index in [1.165, 1.54) is 13.2 Å². The molecule has 0 radical (unpaired) electrons. The fourth-order valence-electron chi connectivity index (χ4n) is 1.65. The topological polar surface area (TPSA) is 69.4 Å². The van der Waals surface area contributed by atoms with Gasteiger partial charge in [0.2, 0.25) is 0 Å². The fraction of sp³-hybridized carbons (Fsp3) is 0.417. The Kier molecular flexibility index (Phi) is 4.11. The summed E-state index contributed by atoms with van der Waals surface area (Å²) in [5.74, 6) is 0.454. The molecule has 0 atom stereocenters. The van der Waals surface area contributed by atoms with Crippen molar-refractivity contribution < 1.29 is 14.5 Å². The lowest BCUT2D eigenvalue weighted by molar-refractivity contribution is -0.385. The first-order valence-corrected chi connectivity index (χ1v) is 6.03. The highest BCUT2D eigenvalue weighted by atomic mass is 79.9. The van der Waals surface area contributed by atoms with Gasteiger partial charge in [0.25, 0.3) is 5.69 Å². The molecule has 6 heteroatoms. The molecule has 1 rings (SSSR count). The van der Waals surface area contributed by atoms with E-state index < -0.39 is 4.92 Å². The van der Waals surface area contributed by atoms with E-state index >= 15 is 0 Å². The highest BCUT2D eigenvalue weighted by Crippen LogP contribution is 2.42. The van der Waals surface area contributed by atoms with Crippen LogP contribution in [0.15, 0.2) is 10.5 Å². The van der Waals surface area contributed by atoms with Crippen molar-refractivity contribution in [3.63, 3.8) is 0 Å². The van der Waals surface area contributed by atoms with E-state index in [2.05, 4.69) is 15.9 Å². The van der Waals surface area contributed by atoms with Crippen molar-refractivity contribution in [2.45, 2.75) is 26.2 Å². The van der Waals surface area contributed by atoms with E-state index in [1.807, 2.05) is 20.8 Å². The van der Waals surface area contributed by atoms with Gasteiger partial charge < -0.3 is 4.74 Å². The SMILES string of the molecule is COc1c(C(C)(C)C)cc([N+](=O)[O-])c(C=O)c1Br. The molecule has 0 saturated heterocycles. The van der Waals surface area contributed by atoms with Crippen LogP contribution in [0.3, 0.4) is 0 Å². The lowest BCUT2D eigenvalue weighted by Gasteiger charge is -2.23. The van der Waals surface area contributed by atoms with Gasteiger partial charge >= 0.3 is 0 Å². The molecule has 0 unspecified atom stereocenters. The summed E-state index contributed by atoms with van der Waals surface area (Å²) in [7, 11) is 1.47. The molecule has 0 spiro atoms. The van der Waals surface area contributed by atoms with Crippen molar-refractivity contribution in [2.24, 2.45) is 0 Å². The lowest BCUT2D eigenvalue weighted by Crippen LogP contribution is -2.14. The third-order valence-electron chi connectivity index (χ3n) is 2.56. The Bertz CT molecular complexity index is 506. The number of halogens is 1. The molecule has 5 nitrogen and oxygen atoms in total. The van der Waals surface area contributed by atoms with Crippen molar-refractivity contribution in [2.75, 3.05) is 7.11 Å². The number of aldehydes is 1. The molecule has 0 aliphatic heterocycles. The van der Waals surface area contributed by atoms with Gasteiger partial charge in [0, 0.05) is 11.6 Å². The molecular weight excluding hydrogens is 302 g/mol. The summed E-state index contributed by atoms with van der Waals surface area (Å²) in [5.41, 5.74) is 0.113. The molecule has 1 aromatic rings. The number of carbonyl (C=O) groups is 1. The summed E-state index contributed by atoms with van der Waals surface area (Å²) in [6, 6.07) is 1.40. The summed E-state index contributed by atoms with van der Waals surface area (Å²) in [6.45, 7) is 5.75. The predicted molar refractivity (Wildman–Crippen MR) is 71.4 cm³/mol. The molecule has 0 N–H and O–H groups in total. The van der Waals surface area contributed by atoms with Crippen molar-refractivity contribution in [3.05, 3.63) is 31.8 Å². The van der Waals surface area contributed by atoms with Crippen LogP contribution in [-0.2, 0) is 5.41 Å². The summed E-state index contributed by atoms with van der Waals surface area (Å²) in [4.78, 5) is 21.4. The lowest BCUT2D eigenvalue weighted by atomic mass is 9.85.